The van der Waals surface area contributed by atoms with Gasteiger partial charge >= 0.3 is 0 Å². The maximum atomic E-state index is 12.3. The lowest BCUT2D eigenvalue weighted by Gasteiger charge is -2.18. The molecule has 1 saturated carbocycles. The number of hydrogen-bond donors (Lipinski definition) is 2. The SMILES string of the molecule is Cl.Cl.NCC1CCCC1NC(=O)c1csc(-c2ccccc2)n1. The Morgan fingerprint density at radius 3 is 2.70 bits per heavy atom. The zero-order valence-corrected chi connectivity index (χ0v) is 15.1. The van der Waals surface area contributed by atoms with Crippen LogP contribution in [-0.2, 0) is 0 Å². The summed E-state index contributed by atoms with van der Waals surface area (Å²) < 4.78 is 0. The molecule has 1 fully saturated rings. The summed E-state index contributed by atoms with van der Waals surface area (Å²) in [6.45, 7) is 0.636. The van der Waals surface area contributed by atoms with Gasteiger partial charge in [0.05, 0.1) is 0 Å². The Bertz CT molecular complexity index is 621. The second-order valence-electron chi connectivity index (χ2n) is 5.41. The van der Waals surface area contributed by atoms with Gasteiger partial charge in [-0.15, -0.1) is 36.2 Å². The van der Waals surface area contributed by atoms with Gasteiger partial charge in [0.15, 0.2) is 0 Å². The Kier molecular flexibility index (Phi) is 7.99. The van der Waals surface area contributed by atoms with Crippen LogP contribution in [0.1, 0.15) is 29.8 Å². The van der Waals surface area contributed by atoms with E-state index in [1.165, 1.54) is 11.3 Å². The third kappa shape index (κ3) is 4.67. The number of rotatable bonds is 4. The molecule has 0 radical (unpaired) electrons. The minimum atomic E-state index is -0.0845. The monoisotopic (exact) mass is 373 g/mol. The number of halogens is 2. The van der Waals surface area contributed by atoms with Crippen LogP contribution in [0, 0.1) is 5.92 Å². The van der Waals surface area contributed by atoms with Crippen molar-refractivity contribution in [1.82, 2.24) is 10.3 Å². The highest BCUT2D eigenvalue weighted by molar-refractivity contribution is 7.13. The van der Waals surface area contributed by atoms with E-state index in [4.69, 9.17) is 5.73 Å². The van der Waals surface area contributed by atoms with Crippen molar-refractivity contribution in [3.63, 3.8) is 0 Å². The first kappa shape index (κ1) is 19.9. The summed E-state index contributed by atoms with van der Waals surface area (Å²) >= 11 is 1.50. The minimum Gasteiger partial charge on any atom is -0.348 e. The summed E-state index contributed by atoms with van der Waals surface area (Å²) in [5, 5.41) is 5.79. The van der Waals surface area contributed by atoms with Crippen LogP contribution in [0.3, 0.4) is 0 Å². The number of amides is 1. The first-order chi connectivity index (χ1) is 10.3. The average Bonchev–Trinajstić information content (AvgIpc) is 3.17. The molecule has 3 rings (SSSR count). The molecule has 23 heavy (non-hydrogen) atoms. The molecule has 2 aromatic rings. The Balaban J connectivity index is 0.00000132. The molecule has 3 N–H and O–H groups in total. The highest BCUT2D eigenvalue weighted by atomic mass is 35.5. The quantitative estimate of drug-likeness (QED) is 0.861. The highest BCUT2D eigenvalue weighted by Gasteiger charge is 2.28. The van der Waals surface area contributed by atoms with E-state index >= 15 is 0 Å². The zero-order valence-electron chi connectivity index (χ0n) is 12.6. The van der Waals surface area contributed by atoms with Gasteiger partial charge in [0.25, 0.3) is 5.91 Å². The summed E-state index contributed by atoms with van der Waals surface area (Å²) in [7, 11) is 0. The predicted molar refractivity (Wildman–Crippen MR) is 99.7 cm³/mol. The fourth-order valence-electron chi connectivity index (χ4n) is 2.84. The third-order valence-corrected chi connectivity index (χ3v) is 4.93. The predicted octanol–water partition coefficient (Wildman–Crippen LogP) is 3.51. The Morgan fingerprint density at radius 2 is 2.00 bits per heavy atom. The van der Waals surface area contributed by atoms with Crippen LogP contribution in [0.25, 0.3) is 10.6 Å². The molecule has 0 bridgehead atoms. The lowest BCUT2D eigenvalue weighted by molar-refractivity contribution is 0.0924. The number of carbonyl (C=O) groups is 1. The molecule has 1 heterocycles. The molecule has 126 valence electrons. The van der Waals surface area contributed by atoms with Crippen LogP contribution in [0.2, 0.25) is 0 Å². The summed E-state index contributed by atoms with van der Waals surface area (Å²) in [6.07, 6.45) is 3.26. The fourth-order valence-corrected chi connectivity index (χ4v) is 3.65. The van der Waals surface area contributed by atoms with Crippen LogP contribution < -0.4 is 11.1 Å². The second-order valence-corrected chi connectivity index (χ2v) is 6.27. The largest absolute Gasteiger partial charge is 0.348 e. The number of hydrogen-bond acceptors (Lipinski definition) is 4. The van der Waals surface area contributed by atoms with Gasteiger partial charge in [0.2, 0.25) is 0 Å². The molecular formula is C16H21Cl2N3OS. The number of thiazole rings is 1. The van der Waals surface area contributed by atoms with Crippen molar-refractivity contribution in [2.75, 3.05) is 6.54 Å². The number of nitrogens with one attached hydrogen (secondary N) is 1. The van der Waals surface area contributed by atoms with Gasteiger partial charge in [-0.25, -0.2) is 4.98 Å². The van der Waals surface area contributed by atoms with Crippen molar-refractivity contribution in [1.29, 1.82) is 0 Å². The molecule has 4 nitrogen and oxygen atoms in total. The highest BCUT2D eigenvalue weighted by Crippen LogP contribution is 2.26. The smallest absolute Gasteiger partial charge is 0.271 e. The van der Waals surface area contributed by atoms with E-state index in [-0.39, 0.29) is 36.8 Å². The van der Waals surface area contributed by atoms with Crippen molar-refractivity contribution in [3.05, 3.63) is 41.4 Å². The molecule has 2 unspecified atom stereocenters. The van der Waals surface area contributed by atoms with E-state index in [1.54, 1.807) is 0 Å². The Morgan fingerprint density at radius 1 is 1.26 bits per heavy atom. The van der Waals surface area contributed by atoms with Gasteiger partial charge in [0.1, 0.15) is 10.7 Å². The normalized spacial score (nSPS) is 19.5. The zero-order chi connectivity index (χ0) is 14.7. The molecule has 0 aliphatic heterocycles. The van der Waals surface area contributed by atoms with Gasteiger partial charge in [0, 0.05) is 17.0 Å². The maximum Gasteiger partial charge on any atom is 0.271 e. The number of carbonyl (C=O) groups excluding carboxylic acids is 1. The van der Waals surface area contributed by atoms with Gasteiger partial charge in [-0.05, 0) is 25.3 Å². The van der Waals surface area contributed by atoms with Gasteiger partial charge in [-0.2, -0.15) is 0 Å². The van der Waals surface area contributed by atoms with Crippen molar-refractivity contribution >= 4 is 42.1 Å². The van der Waals surface area contributed by atoms with E-state index in [9.17, 15) is 4.79 Å². The van der Waals surface area contributed by atoms with E-state index in [0.717, 1.165) is 29.8 Å². The fraction of sp³-hybridized carbons (Fsp3) is 0.375. The van der Waals surface area contributed by atoms with E-state index in [0.29, 0.717) is 18.2 Å². The minimum absolute atomic E-state index is 0. The molecular weight excluding hydrogens is 353 g/mol. The standard InChI is InChI=1S/C16H19N3OS.2ClH/c17-9-12-7-4-8-13(12)18-15(20)14-10-21-16(19-14)11-5-2-1-3-6-11;;/h1-3,5-6,10,12-13H,4,7-9,17H2,(H,18,20);2*1H. The van der Waals surface area contributed by atoms with Crippen LogP contribution in [-0.4, -0.2) is 23.5 Å². The van der Waals surface area contributed by atoms with Crippen molar-refractivity contribution in [2.45, 2.75) is 25.3 Å². The average molecular weight is 374 g/mol. The van der Waals surface area contributed by atoms with Crippen LogP contribution in [0.5, 0.6) is 0 Å². The lowest BCUT2D eigenvalue weighted by atomic mass is 10.0. The number of nitrogens with zero attached hydrogens (tertiary/aromatic N) is 1. The molecule has 1 aliphatic rings. The summed E-state index contributed by atoms with van der Waals surface area (Å²) in [6, 6.07) is 10.1. The molecule has 1 aliphatic carbocycles. The van der Waals surface area contributed by atoms with Gasteiger partial charge in [-0.1, -0.05) is 36.8 Å². The van der Waals surface area contributed by atoms with Gasteiger partial charge in [-0.3, -0.25) is 4.79 Å². The van der Waals surface area contributed by atoms with Gasteiger partial charge < -0.3 is 11.1 Å². The summed E-state index contributed by atoms with van der Waals surface area (Å²) in [5.74, 6) is 0.319. The van der Waals surface area contributed by atoms with E-state index in [1.807, 2.05) is 35.7 Å². The third-order valence-electron chi connectivity index (χ3n) is 4.04. The topological polar surface area (TPSA) is 68.0 Å². The molecule has 0 spiro atoms. The van der Waals surface area contributed by atoms with Crippen LogP contribution in [0.4, 0.5) is 0 Å². The molecule has 2 atom stereocenters. The maximum absolute atomic E-state index is 12.3. The number of nitrogens with two attached hydrogens (primary N) is 1. The molecule has 0 saturated heterocycles. The molecule has 1 aromatic heterocycles. The molecule has 1 amide bonds. The van der Waals surface area contributed by atoms with Crippen molar-refractivity contribution in [3.8, 4) is 10.6 Å². The van der Waals surface area contributed by atoms with Crippen LogP contribution >= 0.6 is 36.2 Å². The van der Waals surface area contributed by atoms with Crippen LogP contribution in [0.15, 0.2) is 35.7 Å². The van der Waals surface area contributed by atoms with E-state index < -0.39 is 0 Å². The molecule has 1 aromatic carbocycles. The lowest BCUT2D eigenvalue weighted by Crippen LogP contribution is -2.40. The first-order valence-corrected chi connectivity index (χ1v) is 8.18. The Labute approximate surface area is 152 Å². The van der Waals surface area contributed by atoms with E-state index in [2.05, 4.69) is 10.3 Å². The van der Waals surface area contributed by atoms with Crippen molar-refractivity contribution < 1.29 is 4.79 Å². The summed E-state index contributed by atoms with van der Waals surface area (Å²) in [4.78, 5) is 16.7. The Hall–Kier alpha value is -1.14. The van der Waals surface area contributed by atoms with Crippen molar-refractivity contribution in [2.24, 2.45) is 11.7 Å². The number of aromatic nitrogens is 1. The summed E-state index contributed by atoms with van der Waals surface area (Å²) in [5.41, 5.74) is 7.30. The number of benzene rings is 1. The molecule has 7 heteroatoms. The first-order valence-electron chi connectivity index (χ1n) is 7.30. The second kappa shape index (κ2) is 9.23.